The molecule has 0 N–H and O–H groups in total. The van der Waals surface area contributed by atoms with E-state index in [1.807, 2.05) is 50.4 Å². The molecular formula is C17H21N3O2. The van der Waals surface area contributed by atoms with Gasteiger partial charge in [0.05, 0.1) is 18.3 Å². The number of aryl methyl sites for hydroxylation is 1. The molecule has 1 atom stereocenters. The van der Waals surface area contributed by atoms with Crippen LogP contribution in [-0.4, -0.2) is 36.1 Å². The van der Waals surface area contributed by atoms with Crippen molar-refractivity contribution in [2.24, 2.45) is 0 Å². The lowest BCUT2D eigenvalue weighted by atomic mass is 10.1. The maximum atomic E-state index is 12.5. The van der Waals surface area contributed by atoms with E-state index < -0.39 is 0 Å². The molecule has 116 valence electrons. The molecule has 1 fully saturated rings. The van der Waals surface area contributed by atoms with E-state index >= 15 is 0 Å². The van der Waals surface area contributed by atoms with Gasteiger partial charge in [-0.25, -0.2) is 0 Å². The molecule has 1 saturated heterocycles. The Labute approximate surface area is 130 Å². The zero-order valence-corrected chi connectivity index (χ0v) is 13.0. The zero-order valence-electron chi connectivity index (χ0n) is 13.0. The SMILES string of the molecule is Cc1cc([C@@H]2CCCN2CC(=O)N(C)c2ccccc2)on1. The number of hydrogen-bond acceptors (Lipinski definition) is 4. The van der Waals surface area contributed by atoms with Crippen molar-refractivity contribution < 1.29 is 9.32 Å². The second-order valence-electron chi connectivity index (χ2n) is 5.79. The molecule has 0 aliphatic carbocycles. The fourth-order valence-electron chi connectivity index (χ4n) is 2.95. The maximum absolute atomic E-state index is 12.5. The highest BCUT2D eigenvalue weighted by Crippen LogP contribution is 2.32. The Bertz CT molecular complexity index is 638. The molecule has 0 spiro atoms. The van der Waals surface area contributed by atoms with Gasteiger partial charge in [-0.15, -0.1) is 0 Å². The molecule has 1 aromatic heterocycles. The molecule has 1 aliphatic heterocycles. The van der Waals surface area contributed by atoms with Crippen LogP contribution in [0.3, 0.4) is 0 Å². The van der Waals surface area contributed by atoms with Gasteiger partial charge in [-0.2, -0.15) is 0 Å². The zero-order chi connectivity index (χ0) is 15.5. The summed E-state index contributed by atoms with van der Waals surface area (Å²) in [6.45, 7) is 3.23. The first kappa shape index (κ1) is 14.8. The van der Waals surface area contributed by atoms with Gasteiger partial charge in [0.2, 0.25) is 5.91 Å². The van der Waals surface area contributed by atoms with Gasteiger partial charge in [-0.1, -0.05) is 23.4 Å². The van der Waals surface area contributed by atoms with Gasteiger partial charge in [0, 0.05) is 18.8 Å². The number of nitrogens with zero attached hydrogens (tertiary/aromatic N) is 3. The number of anilines is 1. The van der Waals surface area contributed by atoms with E-state index in [1.165, 1.54) is 0 Å². The predicted octanol–water partition coefficient (Wildman–Crippen LogP) is 2.78. The summed E-state index contributed by atoms with van der Waals surface area (Å²) in [5.74, 6) is 0.958. The Balaban J connectivity index is 1.68. The van der Waals surface area contributed by atoms with Crippen LogP contribution >= 0.6 is 0 Å². The first-order valence-electron chi connectivity index (χ1n) is 7.64. The van der Waals surface area contributed by atoms with Crippen LogP contribution in [0.15, 0.2) is 40.9 Å². The summed E-state index contributed by atoms with van der Waals surface area (Å²) in [6.07, 6.45) is 2.09. The topological polar surface area (TPSA) is 49.6 Å². The maximum Gasteiger partial charge on any atom is 0.240 e. The van der Waals surface area contributed by atoms with Crippen LogP contribution in [0.1, 0.15) is 30.3 Å². The van der Waals surface area contributed by atoms with E-state index in [2.05, 4.69) is 10.1 Å². The second-order valence-corrected chi connectivity index (χ2v) is 5.79. The molecule has 1 aliphatic rings. The standard InChI is InChI=1S/C17H21N3O2/c1-13-11-16(22-18-13)15-9-6-10-20(15)12-17(21)19(2)14-7-4-3-5-8-14/h3-5,7-8,11,15H,6,9-10,12H2,1-2H3/t15-/m0/s1. The molecule has 0 unspecified atom stereocenters. The summed E-state index contributed by atoms with van der Waals surface area (Å²) < 4.78 is 5.39. The number of rotatable bonds is 4. The number of aromatic nitrogens is 1. The van der Waals surface area contributed by atoms with E-state index in [4.69, 9.17) is 4.52 Å². The van der Waals surface area contributed by atoms with Crippen LogP contribution in [0.4, 0.5) is 5.69 Å². The summed E-state index contributed by atoms with van der Waals surface area (Å²) in [4.78, 5) is 16.4. The van der Waals surface area contributed by atoms with Gasteiger partial charge in [0.15, 0.2) is 5.76 Å². The van der Waals surface area contributed by atoms with Crippen molar-refractivity contribution in [2.45, 2.75) is 25.8 Å². The first-order valence-corrected chi connectivity index (χ1v) is 7.64. The highest BCUT2D eigenvalue weighted by molar-refractivity contribution is 5.94. The van der Waals surface area contributed by atoms with E-state index in [0.717, 1.165) is 36.5 Å². The van der Waals surface area contributed by atoms with Crippen LogP contribution in [0.2, 0.25) is 0 Å². The van der Waals surface area contributed by atoms with Crippen molar-refractivity contribution >= 4 is 11.6 Å². The van der Waals surface area contributed by atoms with Crippen LogP contribution in [-0.2, 0) is 4.79 Å². The summed E-state index contributed by atoms with van der Waals surface area (Å²) in [5.41, 5.74) is 1.80. The highest BCUT2D eigenvalue weighted by atomic mass is 16.5. The third-order valence-corrected chi connectivity index (χ3v) is 4.19. The lowest BCUT2D eigenvalue weighted by Gasteiger charge is -2.25. The number of likely N-dealkylation sites (tertiary alicyclic amines) is 1. The van der Waals surface area contributed by atoms with E-state index in [-0.39, 0.29) is 11.9 Å². The van der Waals surface area contributed by atoms with Gasteiger partial charge in [0.25, 0.3) is 0 Å². The van der Waals surface area contributed by atoms with Crippen molar-refractivity contribution in [1.29, 1.82) is 0 Å². The van der Waals surface area contributed by atoms with Crippen molar-refractivity contribution in [3.63, 3.8) is 0 Å². The molecule has 0 radical (unpaired) electrons. The van der Waals surface area contributed by atoms with E-state index in [9.17, 15) is 4.79 Å². The number of likely N-dealkylation sites (N-methyl/N-ethyl adjacent to an activating group) is 1. The number of para-hydroxylation sites is 1. The average molecular weight is 299 g/mol. The number of carbonyl (C=O) groups excluding carboxylic acids is 1. The lowest BCUT2D eigenvalue weighted by Crippen LogP contribution is -2.38. The minimum atomic E-state index is 0.0920. The molecule has 5 heteroatoms. The fraction of sp³-hybridized carbons (Fsp3) is 0.412. The van der Waals surface area contributed by atoms with E-state index in [1.54, 1.807) is 4.90 Å². The second kappa shape index (κ2) is 6.32. The van der Waals surface area contributed by atoms with Gasteiger partial charge in [-0.3, -0.25) is 9.69 Å². The fourth-order valence-corrected chi connectivity index (χ4v) is 2.95. The third-order valence-electron chi connectivity index (χ3n) is 4.19. The smallest absolute Gasteiger partial charge is 0.240 e. The number of carbonyl (C=O) groups is 1. The molecule has 2 heterocycles. The summed E-state index contributed by atoms with van der Waals surface area (Å²) in [6, 6.07) is 11.8. The Morgan fingerprint density at radius 2 is 2.18 bits per heavy atom. The van der Waals surface area contributed by atoms with E-state index in [0.29, 0.717) is 6.54 Å². The molecule has 0 saturated carbocycles. The van der Waals surface area contributed by atoms with Gasteiger partial charge in [-0.05, 0) is 38.4 Å². The Hall–Kier alpha value is -2.14. The number of benzene rings is 1. The highest BCUT2D eigenvalue weighted by Gasteiger charge is 2.31. The Kier molecular flexibility index (Phi) is 4.24. The number of amides is 1. The average Bonchev–Trinajstić information content (AvgIpc) is 3.16. The van der Waals surface area contributed by atoms with Crippen molar-refractivity contribution in [3.05, 3.63) is 47.9 Å². The van der Waals surface area contributed by atoms with Crippen molar-refractivity contribution in [1.82, 2.24) is 10.1 Å². The van der Waals surface area contributed by atoms with Gasteiger partial charge < -0.3 is 9.42 Å². The summed E-state index contributed by atoms with van der Waals surface area (Å²) in [5, 5.41) is 3.96. The van der Waals surface area contributed by atoms with Gasteiger partial charge >= 0.3 is 0 Å². The van der Waals surface area contributed by atoms with Crippen LogP contribution in [0.25, 0.3) is 0 Å². The quantitative estimate of drug-likeness (QED) is 0.871. The molecule has 1 amide bonds. The van der Waals surface area contributed by atoms with Crippen LogP contribution in [0, 0.1) is 6.92 Å². The van der Waals surface area contributed by atoms with Crippen LogP contribution in [0.5, 0.6) is 0 Å². The minimum absolute atomic E-state index is 0.0920. The van der Waals surface area contributed by atoms with Crippen molar-refractivity contribution in [2.75, 3.05) is 25.0 Å². The third kappa shape index (κ3) is 3.04. The molecule has 5 nitrogen and oxygen atoms in total. The molecule has 2 aromatic rings. The molecule has 0 bridgehead atoms. The van der Waals surface area contributed by atoms with Crippen molar-refractivity contribution in [3.8, 4) is 0 Å². The number of hydrogen-bond donors (Lipinski definition) is 0. The normalized spacial score (nSPS) is 18.5. The molecule has 22 heavy (non-hydrogen) atoms. The minimum Gasteiger partial charge on any atom is -0.359 e. The Morgan fingerprint density at radius 1 is 1.41 bits per heavy atom. The van der Waals surface area contributed by atoms with Crippen LogP contribution < -0.4 is 4.90 Å². The molecule has 3 rings (SSSR count). The lowest BCUT2D eigenvalue weighted by molar-refractivity contribution is -0.119. The molecule has 1 aromatic carbocycles. The Morgan fingerprint density at radius 3 is 2.86 bits per heavy atom. The molecular weight excluding hydrogens is 278 g/mol. The monoisotopic (exact) mass is 299 g/mol. The summed E-state index contributed by atoms with van der Waals surface area (Å²) >= 11 is 0. The van der Waals surface area contributed by atoms with Gasteiger partial charge in [0.1, 0.15) is 0 Å². The first-order chi connectivity index (χ1) is 10.6. The predicted molar refractivity (Wildman–Crippen MR) is 84.6 cm³/mol. The summed E-state index contributed by atoms with van der Waals surface area (Å²) in [7, 11) is 1.82. The largest absolute Gasteiger partial charge is 0.359 e.